The number of hydrogen-bond donors (Lipinski definition) is 1. The molecule has 0 saturated heterocycles. The van der Waals surface area contributed by atoms with E-state index in [-0.39, 0.29) is 0 Å². The number of nitrogens with two attached hydrogens (primary N) is 1. The quantitative estimate of drug-likeness (QED) is 0.910. The van der Waals surface area contributed by atoms with Gasteiger partial charge in [-0.2, -0.15) is 0 Å². The zero-order chi connectivity index (χ0) is 9.97. The summed E-state index contributed by atoms with van der Waals surface area (Å²) < 4.78 is 1.08. The van der Waals surface area contributed by atoms with Gasteiger partial charge in [-0.15, -0.1) is 11.3 Å². The molecule has 0 aliphatic heterocycles. The minimum Gasteiger partial charge on any atom is -0.325 e. The van der Waals surface area contributed by atoms with E-state index in [1.54, 1.807) is 11.3 Å². The van der Waals surface area contributed by atoms with Gasteiger partial charge < -0.3 is 5.73 Å². The highest BCUT2D eigenvalue weighted by molar-refractivity contribution is 9.10. The Balaban J connectivity index is 2.34. The van der Waals surface area contributed by atoms with Crippen molar-refractivity contribution < 1.29 is 0 Å². The second kappa shape index (κ2) is 4.21. The molecule has 2 aromatic rings. The summed E-state index contributed by atoms with van der Waals surface area (Å²) in [7, 11) is 0. The lowest BCUT2D eigenvalue weighted by Gasteiger charge is -1.95. The fraction of sp³-hybridized carbons (Fsp3) is 0.100. The lowest BCUT2D eigenvalue weighted by molar-refractivity contribution is 1.01. The maximum atomic E-state index is 5.50. The summed E-state index contributed by atoms with van der Waals surface area (Å²) >= 11 is 5.03. The summed E-state index contributed by atoms with van der Waals surface area (Å²) in [5.74, 6) is 0. The molecule has 0 saturated carbocycles. The van der Waals surface area contributed by atoms with Crippen LogP contribution >= 0.6 is 27.3 Å². The lowest BCUT2D eigenvalue weighted by Crippen LogP contribution is -1.95. The molecule has 1 aromatic heterocycles. The van der Waals surface area contributed by atoms with Crippen molar-refractivity contribution >= 4 is 27.3 Å². The molecule has 0 atom stereocenters. The van der Waals surface area contributed by atoms with Gasteiger partial charge >= 0.3 is 0 Å². The Morgan fingerprint density at radius 3 is 2.57 bits per heavy atom. The minimum atomic E-state index is 0.507. The van der Waals surface area contributed by atoms with Crippen LogP contribution in [0.25, 0.3) is 10.6 Å². The highest BCUT2D eigenvalue weighted by atomic mass is 79.9. The number of rotatable bonds is 2. The highest BCUT2D eigenvalue weighted by Gasteiger charge is 2.02. The van der Waals surface area contributed by atoms with Crippen molar-refractivity contribution in [2.24, 2.45) is 5.73 Å². The molecular weight excluding hydrogens is 260 g/mol. The van der Waals surface area contributed by atoms with Crippen LogP contribution in [0.5, 0.6) is 0 Å². The van der Waals surface area contributed by atoms with Crippen LogP contribution in [0.1, 0.15) is 5.69 Å². The Bertz CT molecular complexity index is 422. The average Bonchev–Trinajstić information content (AvgIpc) is 2.67. The third-order valence-corrected chi connectivity index (χ3v) is 3.32. The van der Waals surface area contributed by atoms with Gasteiger partial charge in [0.2, 0.25) is 0 Å². The summed E-state index contributed by atoms with van der Waals surface area (Å²) in [6, 6.07) is 8.12. The van der Waals surface area contributed by atoms with Crippen LogP contribution in [0.3, 0.4) is 0 Å². The van der Waals surface area contributed by atoms with E-state index in [1.165, 1.54) is 0 Å². The molecule has 2 N–H and O–H groups in total. The lowest BCUT2D eigenvalue weighted by atomic mass is 10.2. The first-order valence-corrected chi connectivity index (χ1v) is 5.87. The van der Waals surface area contributed by atoms with Crippen molar-refractivity contribution in [1.82, 2.24) is 4.98 Å². The van der Waals surface area contributed by atoms with E-state index >= 15 is 0 Å². The van der Waals surface area contributed by atoms with Crippen molar-refractivity contribution in [1.29, 1.82) is 0 Å². The largest absolute Gasteiger partial charge is 0.325 e. The van der Waals surface area contributed by atoms with Gasteiger partial charge in [-0.25, -0.2) is 4.98 Å². The SMILES string of the molecule is NCc1csc(-c2ccc(Br)cc2)n1. The Kier molecular flexibility index (Phi) is 2.96. The molecule has 1 aromatic carbocycles. The zero-order valence-corrected chi connectivity index (χ0v) is 9.81. The summed E-state index contributed by atoms with van der Waals surface area (Å²) in [5.41, 5.74) is 7.59. The van der Waals surface area contributed by atoms with Crippen LogP contribution in [-0.4, -0.2) is 4.98 Å². The molecule has 14 heavy (non-hydrogen) atoms. The van der Waals surface area contributed by atoms with E-state index in [0.717, 1.165) is 20.7 Å². The van der Waals surface area contributed by atoms with Crippen LogP contribution in [0.2, 0.25) is 0 Å². The molecule has 4 heteroatoms. The third-order valence-electron chi connectivity index (χ3n) is 1.85. The Labute approximate surface area is 94.9 Å². The molecule has 2 nitrogen and oxygen atoms in total. The summed E-state index contributed by atoms with van der Waals surface area (Å²) in [6.45, 7) is 0.507. The molecule has 0 aliphatic carbocycles. The van der Waals surface area contributed by atoms with Crippen LogP contribution in [0, 0.1) is 0 Å². The fourth-order valence-corrected chi connectivity index (χ4v) is 2.23. The molecule has 0 aliphatic rings. The maximum Gasteiger partial charge on any atom is 0.123 e. The first-order valence-electron chi connectivity index (χ1n) is 4.20. The van der Waals surface area contributed by atoms with E-state index in [1.807, 2.05) is 29.6 Å². The van der Waals surface area contributed by atoms with Gasteiger partial charge in [0.1, 0.15) is 5.01 Å². The molecule has 1 heterocycles. The van der Waals surface area contributed by atoms with Gasteiger partial charge in [0.25, 0.3) is 0 Å². The number of benzene rings is 1. The Morgan fingerprint density at radius 2 is 2.00 bits per heavy atom. The molecule has 0 fully saturated rings. The summed E-state index contributed by atoms with van der Waals surface area (Å²) in [4.78, 5) is 4.41. The van der Waals surface area contributed by atoms with Gasteiger partial charge in [-0.05, 0) is 12.1 Å². The van der Waals surface area contributed by atoms with Crippen molar-refractivity contribution in [3.8, 4) is 10.6 Å². The molecule has 0 unspecified atom stereocenters. The fourth-order valence-electron chi connectivity index (χ4n) is 1.13. The second-order valence-corrected chi connectivity index (χ2v) is 4.63. The standard InChI is InChI=1S/C10H9BrN2S/c11-8-3-1-7(2-4-8)10-13-9(5-12)6-14-10/h1-4,6H,5,12H2. The van der Waals surface area contributed by atoms with E-state index in [2.05, 4.69) is 20.9 Å². The van der Waals surface area contributed by atoms with Gasteiger partial charge in [-0.3, -0.25) is 0 Å². The van der Waals surface area contributed by atoms with Crippen LogP contribution in [-0.2, 0) is 6.54 Å². The predicted octanol–water partition coefficient (Wildman–Crippen LogP) is 3.03. The normalized spacial score (nSPS) is 10.4. The van der Waals surface area contributed by atoms with Gasteiger partial charge in [0.15, 0.2) is 0 Å². The van der Waals surface area contributed by atoms with E-state index in [4.69, 9.17) is 5.73 Å². The van der Waals surface area contributed by atoms with Crippen LogP contribution < -0.4 is 5.73 Å². The first kappa shape index (κ1) is 9.83. The van der Waals surface area contributed by atoms with E-state index in [9.17, 15) is 0 Å². The molecule has 0 bridgehead atoms. The smallest absolute Gasteiger partial charge is 0.123 e. The van der Waals surface area contributed by atoms with E-state index < -0.39 is 0 Å². The first-order chi connectivity index (χ1) is 6.79. The molecule has 0 radical (unpaired) electrons. The molecule has 2 rings (SSSR count). The second-order valence-electron chi connectivity index (χ2n) is 2.86. The number of aromatic nitrogens is 1. The summed E-state index contributed by atoms with van der Waals surface area (Å²) in [6.07, 6.45) is 0. The topological polar surface area (TPSA) is 38.9 Å². The molecule has 0 spiro atoms. The van der Waals surface area contributed by atoms with Crippen molar-refractivity contribution in [2.45, 2.75) is 6.54 Å². The van der Waals surface area contributed by atoms with Crippen LogP contribution in [0.15, 0.2) is 34.1 Å². The predicted molar refractivity (Wildman–Crippen MR) is 63.1 cm³/mol. The zero-order valence-electron chi connectivity index (χ0n) is 7.40. The number of halogens is 1. The molecule has 0 amide bonds. The van der Waals surface area contributed by atoms with Gasteiger partial charge in [-0.1, -0.05) is 28.1 Å². The number of thiazole rings is 1. The number of hydrogen-bond acceptors (Lipinski definition) is 3. The maximum absolute atomic E-state index is 5.50. The average molecular weight is 269 g/mol. The van der Waals surface area contributed by atoms with Crippen LogP contribution in [0.4, 0.5) is 0 Å². The summed E-state index contributed by atoms with van der Waals surface area (Å²) in [5, 5.41) is 3.02. The van der Waals surface area contributed by atoms with Gasteiger partial charge in [0.05, 0.1) is 5.69 Å². The van der Waals surface area contributed by atoms with Gasteiger partial charge in [0, 0.05) is 22.0 Å². The third kappa shape index (κ3) is 2.03. The Morgan fingerprint density at radius 1 is 1.29 bits per heavy atom. The minimum absolute atomic E-state index is 0.507. The molecular formula is C10H9BrN2S. The van der Waals surface area contributed by atoms with Crippen molar-refractivity contribution in [2.75, 3.05) is 0 Å². The van der Waals surface area contributed by atoms with E-state index in [0.29, 0.717) is 6.54 Å². The monoisotopic (exact) mass is 268 g/mol. The molecule has 72 valence electrons. The Hall–Kier alpha value is -0.710. The highest BCUT2D eigenvalue weighted by Crippen LogP contribution is 2.24. The number of nitrogens with zero attached hydrogens (tertiary/aromatic N) is 1. The van der Waals surface area contributed by atoms with Crippen molar-refractivity contribution in [3.05, 3.63) is 39.8 Å². The van der Waals surface area contributed by atoms with Crippen molar-refractivity contribution in [3.63, 3.8) is 0 Å².